The van der Waals surface area contributed by atoms with Crippen molar-refractivity contribution in [3.63, 3.8) is 0 Å². The van der Waals surface area contributed by atoms with Crippen molar-refractivity contribution in [1.82, 2.24) is 0 Å². The topological polar surface area (TPSA) is 71.1 Å². The maximum atomic E-state index is 13.3. The number of rotatable bonds is 30. The molecule has 7 nitrogen and oxygen atoms in total. The number of unbranched alkanes of at least 4 members (excludes halogenated alkanes) is 12. The van der Waals surface area contributed by atoms with Gasteiger partial charge in [-0.15, -0.1) is 0 Å². The molecule has 0 aliphatic carbocycles. The lowest BCUT2D eigenvalue weighted by Crippen LogP contribution is -2.51. The number of likely N-dealkylation sites (N-methyl/N-ethyl adjacent to an activating group) is 1. The van der Waals surface area contributed by atoms with Gasteiger partial charge in [-0.1, -0.05) is 70.6 Å². The minimum Gasteiger partial charge on any atom is -0.457 e. The first kappa shape index (κ1) is 44.5. The van der Waals surface area contributed by atoms with Gasteiger partial charge in [0.15, 0.2) is 0 Å². The smallest absolute Gasteiger partial charge is 0.457 e. The highest BCUT2D eigenvalue weighted by Gasteiger charge is 2.72. The summed E-state index contributed by atoms with van der Waals surface area (Å²) in [7, 11) is 6.24. The number of carbonyl (C=O) groups is 2. The fraction of sp³-hybridized carbons (Fsp3) is 0.938. The highest BCUT2D eigenvalue weighted by molar-refractivity contribution is 5.94. The fourth-order valence-corrected chi connectivity index (χ4v) is 4.39. The second-order valence-corrected chi connectivity index (χ2v) is 12.9. The summed E-state index contributed by atoms with van der Waals surface area (Å²) in [6, 6.07) is 0. The number of nitrogens with zero attached hydrogens (tertiary/aromatic N) is 1. The summed E-state index contributed by atoms with van der Waals surface area (Å²) in [5.41, 5.74) is 0. The van der Waals surface area contributed by atoms with E-state index >= 15 is 0 Å². The molecule has 0 aromatic heterocycles. The molecule has 1 unspecified atom stereocenters. The van der Waals surface area contributed by atoms with Crippen molar-refractivity contribution in [1.29, 1.82) is 0 Å². The van der Waals surface area contributed by atoms with Crippen molar-refractivity contribution >= 4 is 11.8 Å². The van der Waals surface area contributed by atoms with Crippen LogP contribution < -0.4 is 0 Å². The van der Waals surface area contributed by atoms with E-state index in [0.29, 0.717) is 32.8 Å². The molecule has 0 heterocycles. The first-order valence-corrected chi connectivity index (χ1v) is 16.4. The number of alkyl halides is 7. The molecule has 14 heteroatoms. The van der Waals surface area contributed by atoms with Gasteiger partial charge in [0.1, 0.15) is 24.9 Å². The average Bonchev–Trinajstić information content (AvgIpc) is 2.92. The number of esters is 1. The Hall–Kier alpha value is -1.51. The second-order valence-electron chi connectivity index (χ2n) is 12.9. The molecular weight excluding hydrogens is 627 g/mol. The summed E-state index contributed by atoms with van der Waals surface area (Å²) >= 11 is 0. The lowest BCUT2D eigenvalue weighted by molar-refractivity contribution is -0.870. The van der Waals surface area contributed by atoms with E-state index in [2.05, 4.69) is 21.1 Å². The van der Waals surface area contributed by atoms with Crippen molar-refractivity contribution in [2.24, 2.45) is 0 Å². The standard InChI is InChI=1S/C32H57F7NO6/c1-27(41)24-29(42)46-28(26-45-23-22-43-21-19-40(2,3)4)25-44-20-17-15-13-11-9-7-5-6-8-10-12-14-16-18-30(33,34)31(35,36)32(37,38)39/h28H,5-26H2,1-4H3/q+1. The third-order valence-corrected chi connectivity index (χ3v) is 7.17. The van der Waals surface area contributed by atoms with Crippen molar-refractivity contribution in [2.45, 2.75) is 127 Å². The van der Waals surface area contributed by atoms with E-state index in [1.165, 1.54) is 6.92 Å². The minimum atomic E-state index is -6.26. The number of quaternary nitrogens is 1. The Balaban J connectivity index is 3.85. The lowest BCUT2D eigenvalue weighted by atomic mass is 10.0. The van der Waals surface area contributed by atoms with Crippen LogP contribution in [0, 0.1) is 0 Å². The normalized spacial score (nSPS) is 13.6. The van der Waals surface area contributed by atoms with E-state index in [9.17, 15) is 40.3 Å². The number of Topliss-reactive ketones (excluding diaryl/α,β-unsaturated/α-hetero) is 1. The Morgan fingerprint density at radius 2 is 1.04 bits per heavy atom. The largest absolute Gasteiger partial charge is 0.459 e. The van der Waals surface area contributed by atoms with Gasteiger partial charge in [0.25, 0.3) is 0 Å². The minimum absolute atomic E-state index is 0.147. The average molecular weight is 685 g/mol. The first-order chi connectivity index (χ1) is 21.4. The van der Waals surface area contributed by atoms with Gasteiger partial charge in [0.2, 0.25) is 0 Å². The molecule has 0 rings (SSSR count). The van der Waals surface area contributed by atoms with E-state index in [-0.39, 0.29) is 38.3 Å². The summed E-state index contributed by atoms with van der Waals surface area (Å²) in [6.45, 7) is 4.42. The zero-order valence-electron chi connectivity index (χ0n) is 28.2. The summed E-state index contributed by atoms with van der Waals surface area (Å²) in [4.78, 5) is 23.1. The number of halogens is 7. The molecule has 0 bridgehead atoms. The summed E-state index contributed by atoms with van der Waals surface area (Å²) < 4.78 is 112. The van der Waals surface area contributed by atoms with Crippen molar-refractivity contribution < 1.29 is 63.8 Å². The van der Waals surface area contributed by atoms with Crippen LogP contribution >= 0.6 is 0 Å². The zero-order chi connectivity index (χ0) is 35.1. The van der Waals surface area contributed by atoms with Crippen LogP contribution in [0.3, 0.4) is 0 Å². The quantitative estimate of drug-likeness (QED) is 0.0252. The number of carbonyl (C=O) groups excluding carboxylic acids is 2. The van der Waals surface area contributed by atoms with Gasteiger partial charge >= 0.3 is 24.0 Å². The molecule has 0 aliphatic rings. The molecule has 274 valence electrons. The molecular formula is C32H57F7NO6+. The van der Waals surface area contributed by atoms with E-state index in [1.54, 1.807) is 0 Å². The molecule has 0 N–H and O–H groups in total. The van der Waals surface area contributed by atoms with E-state index < -0.39 is 36.5 Å². The molecule has 0 aromatic rings. The van der Waals surface area contributed by atoms with Crippen LogP contribution in [0.15, 0.2) is 0 Å². The molecule has 46 heavy (non-hydrogen) atoms. The Kier molecular flexibility index (Phi) is 23.0. The van der Waals surface area contributed by atoms with Crippen molar-refractivity contribution in [3.8, 4) is 0 Å². The summed E-state index contributed by atoms with van der Waals surface area (Å²) in [5.74, 6) is -12.0. The number of hydrogen-bond acceptors (Lipinski definition) is 6. The molecule has 0 aromatic carbocycles. The Labute approximate surface area is 270 Å². The fourth-order valence-electron chi connectivity index (χ4n) is 4.39. The highest BCUT2D eigenvalue weighted by atomic mass is 19.4. The molecule has 0 radical (unpaired) electrons. The van der Waals surface area contributed by atoms with Crippen LogP contribution in [0.1, 0.15) is 103 Å². The van der Waals surface area contributed by atoms with E-state index in [4.69, 9.17) is 18.9 Å². The number of ether oxygens (including phenoxy) is 4. The first-order valence-electron chi connectivity index (χ1n) is 16.4. The van der Waals surface area contributed by atoms with Crippen LogP contribution in [0.4, 0.5) is 30.7 Å². The van der Waals surface area contributed by atoms with Gasteiger partial charge in [-0.05, 0) is 19.8 Å². The zero-order valence-corrected chi connectivity index (χ0v) is 28.2. The van der Waals surface area contributed by atoms with Gasteiger partial charge in [0.05, 0.1) is 54.2 Å². The van der Waals surface area contributed by atoms with E-state index in [0.717, 1.165) is 75.2 Å². The lowest BCUT2D eigenvalue weighted by Gasteiger charge is -2.28. The third kappa shape index (κ3) is 22.9. The van der Waals surface area contributed by atoms with Crippen LogP contribution in [-0.4, -0.2) is 108 Å². The Bertz CT molecular complexity index is 807. The number of ketones is 1. The van der Waals surface area contributed by atoms with Crippen LogP contribution in [-0.2, 0) is 28.5 Å². The number of hydrogen-bond donors (Lipinski definition) is 0. The van der Waals surface area contributed by atoms with Gasteiger partial charge in [-0.3, -0.25) is 9.59 Å². The second kappa shape index (κ2) is 23.8. The maximum Gasteiger partial charge on any atom is 0.459 e. The monoisotopic (exact) mass is 684 g/mol. The molecule has 0 aliphatic heterocycles. The van der Waals surface area contributed by atoms with Crippen molar-refractivity contribution in [3.05, 3.63) is 0 Å². The molecule has 0 spiro atoms. The third-order valence-electron chi connectivity index (χ3n) is 7.17. The Morgan fingerprint density at radius 3 is 1.50 bits per heavy atom. The van der Waals surface area contributed by atoms with Gasteiger partial charge in [-0.25, -0.2) is 0 Å². The predicted molar refractivity (Wildman–Crippen MR) is 161 cm³/mol. The summed E-state index contributed by atoms with van der Waals surface area (Å²) in [5, 5.41) is 0. The molecule has 0 fully saturated rings. The van der Waals surface area contributed by atoms with Crippen molar-refractivity contribution in [2.75, 3.05) is 67.3 Å². The highest BCUT2D eigenvalue weighted by Crippen LogP contribution is 2.48. The van der Waals surface area contributed by atoms with Gasteiger partial charge in [0, 0.05) is 13.0 Å². The Morgan fingerprint density at radius 1 is 0.609 bits per heavy atom. The van der Waals surface area contributed by atoms with Gasteiger partial charge in [-0.2, -0.15) is 30.7 Å². The maximum absolute atomic E-state index is 13.3. The van der Waals surface area contributed by atoms with E-state index in [1.807, 2.05) is 0 Å². The SMILES string of the molecule is CC(=O)CC(=O)OC(COCCCCCCCCCCCCCCCC(F)(F)C(F)(F)C(F)(F)F)COCCOCC[N+](C)(C)C. The molecule has 0 saturated carbocycles. The predicted octanol–water partition coefficient (Wildman–Crippen LogP) is 7.93. The molecule has 1 atom stereocenters. The summed E-state index contributed by atoms with van der Waals surface area (Å²) in [6.07, 6.45) is 1.39. The molecule has 0 amide bonds. The van der Waals surface area contributed by atoms with Crippen LogP contribution in [0.2, 0.25) is 0 Å². The molecule has 0 saturated heterocycles. The van der Waals surface area contributed by atoms with Crippen LogP contribution in [0.5, 0.6) is 0 Å². The van der Waals surface area contributed by atoms with Crippen LogP contribution in [0.25, 0.3) is 0 Å². The van der Waals surface area contributed by atoms with Gasteiger partial charge < -0.3 is 23.4 Å².